The number of ether oxygens (including phenoxy) is 1. The maximum Gasteiger partial charge on any atom is 0.268 e. The maximum atomic E-state index is 13.8. The molecule has 31 heavy (non-hydrogen) atoms. The van der Waals surface area contributed by atoms with Crippen LogP contribution in [0.4, 0.5) is 11.4 Å². The molecule has 2 aromatic carbocycles. The number of aromatic hydroxyl groups is 1. The molecule has 1 fully saturated rings. The zero-order chi connectivity index (χ0) is 23.0. The van der Waals surface area contributed by atoms with Crippen LogP contribution in [0.1, 0.15) is 6.92 Å². The molecule has 1 aliphatic rings. The number of carbonyl (C=O) groups excluding carboxylic acids is 1. The monoisotopic (exact) mass is 470 g/mol. The molecule has 2 aromatic rings. The van der Waals surface area contributed by atoms with Crippen molar-refractivity contribution in [3.8, 4) is 11.5 Å². The highest BCUT2D eigenvalue weighted by Gasteiger charge is 2.45. The summed E-state index contributed by atoms with van der Waals surface area (Å²) in [6, 6.07) is 7.90. The smallest absolute Gasteiger partial charge is 0.268 e. The lowest BCUT2D eigenvalue weighted by Crippen LogP contribution is -2.47. The Morgan fingerprint density at radius 3 is 2.45 bits per heavy atom. The number of nitrogens with zero attached hydrogens (tertiary/aromatic N) is 1. The van der Waals surface area contributed by atoms with Gasteiger partial charge in [-0.2, -0.15) is 0 Å². The van der Waals surface area contributed by atoms with Gasteiger partial charge in [0.25, 0.3) is 10.0 Å². The summed E-state index contributed by atoms with van der Waals surface area (Å²) in [7, 11) is -6.95. The van der Waals surface area contributed by atoms with Crippen molar-refractivity contribution in [2.24, 2.45) is 0 Å². The van der Waals surface area contributed by atoms with Gasteiger partial charge in [-0.1, -0.05) is 6.07 Å². The van der Waals surface area contributed by atoms with Crippen LogP contribution in [-0.4, -0.2) is 63.7 Å². The SMILES string of the molecule is COc1ccc(NC(C)=O)cc1S(=O)(=O)N(c1cccc(O)c1)[C@H]1CS(=O)(=O)C[C@@H]1O. The number of benzene rings is 2. The van der Waals surface area contributed by atoms with Gasteiger partial charge >= 0.3 is 0 Å². The summed E-state index contributed by atoms with van der Waals surface area (Å²) in [4.78, 5) is 11.1. The number of rotatable bonds is 6. The van der Waals surface area contributed by atoms with Crippen molar-refractivity contribution >= 4 is 37.1 Å². The minimum absolute atomic E-state index is 0.0341. The minimum Gasteiger partial charge on any atom is -0.508 e. The quantitative estimate of drug-likeness (QED) is 0.559. The van der Waals surface area contributed by atoms with Gasteiger partial charge in [0, 0.05) is 18.7 Å². The summed E-state index contributed by atoms with van der Waals surface area (Å²) in [5.74, 6) is -1.90. The van der Waals surface area contributed by atoms with Gasteiger partial charge < -0.3 is 20.3 Å². The number of methoxy groups -OCH3 is 1. The third-order valence-electron chi connectivity index (χ3n) is 4.70. The van der Waals surface area contributed by atoms with Gasteiger partial charge in [0.05, 0.1) is 36.4 Å². The second kappa shape index (κ2) is 8.36. The molecule has 0 unspecified atom stereocenters. The van der Waals surface area contributed by atoms with Crippen molar-refractivity contribution in [1.82, 2.24) is 0 Å². The topological polar surface area (TPSA) is 150 Å². The number of aliphatic hydroxyl groups excluding tert-OH is 1. The fourth-order valence-corrected chi connectivity index (χ4v) is 7.16. The number of hydrogen-bond donors (Lipinski definition) is 3. The number of aliphatic hydroxyl groups is 1. The number of sulfone groups is 1. The predicted molar refractivity (Wildman–Crippen MR) is 114 cm³/mol. The molecule has 0 radical (unpaired) electrons. The number of hydrogen-bond acceptors (Lipinski definition) is 8. The van der Waals surface area contributed by atoms with E-state index in [9.17, 15) is 31.8 Å². The van der Waals surface area contributed by atoms with Gasteiger partial charge in [-0.3, -0.25) is 9.10 Å². The van der Waals surface area contributed by atoms with Crippen LogP contribution in [0.5, 0.6) is 11.5 Å². The Bertz CT molecular complexity index is 1210. The van der Waals surface area contributed by atoms with Crippen LogP contribution in [0.15, 0.2) is 47.4 Å². The Balaban J connectivity index is 2.22. The van der Waals surface area contributed by atoms with E-state index in [-0.39, 0.29) is 27.8 Å². The fourth-order valence-electron chi connectivity index (χ4n) is 3.44. The lowest BCUT2D eigenvalue weighted by Gasteiger charge is -2.32. The van der Waals surface area contributed by atoms with Crippen LogP contribution in [0.2, 0.25) is 0 Å². The molecule has 168 valence electrons. The van der Waals surface area contributed by atoms with Crippen LogP contribution in [0.3, 0.4) is 0 Å². The Morgan fingerprint density at radius 1 is 1.19 bits per heavy atom. The van der Waals surface area contributed by atoms with Crippen molar-refractivity contribution in [3.63, 3.8) is 0 Å². The fraction of sp³-hybridized carbons (Fsp3) is 0.316. The highest BCUT2D eigenvalue weighted by atomic mass is 32.2. The van der Waals surface area contributed by atoms with Gasteiger partial charge in [-0.25, -0.2) is 16.8 Å². The number of phenols is 1. The standard InChI is InChI=1S/C19H22N2O8S2/c1-12(22)20-13-6-7-18(29-2)19(8-13)31(27,28)21(14-4-3-5-15(23)9-14)16-10-30(25,26)11-17(16)24/h3-9,16-17,23-24H,10-11H2,1-2H3,(H,20,22)/t16-,17-/m0/s1. The van der Waals surface area contributed by atoms with E-state index in [1.165, 1.54) is 50.4 Å². The van der Waals surface area contributed by atoms with Crippen LogP contribution in [0, 0.1) is 0 Å². The summed E-state index contributed by atoms with van der Waals surface area (Å²) in [6.07, 6.45) is -1.48. The van der Waals surface area contributed by atoms with E-state index in [4.69, 9.17) is 4.74 Å². The summed E-state index contributed by atoms with van der Waals surface area (Å²) < 4.78 is 57.7. The van der Waals surface area contributed by atoms with E-state index in [0.717, 1.165) is 10.4 Å². The normalized spacial score (nSPS) is 20.2. The second-order valence-electron chi connectivity index (χ2n) is 7.08. The molecule has 0 spiro atoms. The first-order valence-electron chi connectivity index (χ1n) is 9.12. The molecular weight excluding hydrogens is 448 g/mol. The molecule has 2 atom stereocenters. The Kier molecular flexibility index (Phi) is 6.16. The van der Waals surface area contributed by atoms with E-state index in [0.29, 0.717) is 0 Å². The second-order valence-corrected chi connectivity index (χ2v) is 11.0. The molecule has 0 aliphatic carbocycles. The zero-order valence-corrected chi connectivity index (χ0v) is 18.4. The largest absolute Gasteiger partial charge is 0.508 e. The van der Waals surface area contributed by atoms with Gasteiger partial charge in [0.15, 0.2) is 9.84 Å². The lowest BCUT2D eigenvalue weighted by atomic mass is 10.2. The molecule has 1 saturated heterocycles. The van der Waals surface area contributed by atoms with E-state index < -0.39 is 49.4 Å². The molecule has 0 saturated carbocycles. The number of sulfonamides is 1. The first-order chi connectivity index (χ1) is 14.4. The van der Waals surface area contributed by atoms with Gasteiger partial charge in [-0.05, 0) is 30.3 Å². The summed E-state index contributed by atoms with van der Waals surface area (Å²) in [6.45, 7) is 1.26. The average molecular weight is 471 g/mol. The molecule has 10 nitrogen and oxygen atoms in total. The third-order valence-corrected chi connectivity index (χ3v) is 8.27. The van der Waals surface area contributed by atoms with Crippen molar-refractivity contribution in [2.75, 3.05) is 28.2 Å². The highest BCUT2D eigenvalue weighted by molar-refractivity contribution is 7.93. The van der Waals surface area contributed by atoms with E-state index in [1.807, 2.05) is 0 Å². The molecule has 1 aliphatic heterocycles. The van der Waals surface area contributed by atoms with Crippen molar-refractivity contribution < 1.29 is 36.6 Å². The van der Waals surface area contributed by atoms with Crippen LogP contribution in [0.25, 0.3) is 0 Å². The minimum atomic E-state index is -4.52. The first kappa shape index (κ1) is 22.8. The third kappa shape index (κ3) is 4.75. The maximum absolute atomic E-state index is 13.8. The zero-order valence-electron chi connectivity index (χ0n) is 16.7. The molecular formula is C19H22N2O8S2. The number of phenolic OH excluding ortho intramolecular Hbond substituents is 1. The Morgan fingerprint density at radius 2 is 1.90 bits per heavy atom. The number of anilines is 2. The summed E-state index contributed by atoms with van der Waals surface area (Å²) in [5, 5.41) is 22.8. The molecule has 3 rings (SSSR count). The molecule has 1 amide bonds. The van der Waals surface area contributed by atoms with Crippen LogP contribution >= 0.6 is 0 Å². The first-order valence-corrected chi connectivity index (χ1v) is 12.4. The lowest BCUT2D eigenvalue weighted by molar-refractivity contribution is -0.114. The summed E-state index contributed by atoms with van der Waals surface area (Å²) >= 11 is 0. The Labute approximate surface area is 180 Å². The van der Waals surface area contributed by atoms with Gasteiger partial charge in [-0.15, -0.1) is 0 Å². The van der Waals surface area contributed by atoms with E-state index in [1.54, 1.807) is 0 Å². The number of nitrogens with one attached hydrogen (secondary N) is 1. The molecule has 1 heterocycles. The van der Waals surface area contributed by atoms with Crippen molar-refractivity contribution in [3.05, 3.63) is 42.5 Å². The van der Waals surface area contributed by atoms with Crippen LogP contribution < -0.4 is 14.4 Å². The predicted octanol–water partition coefficient (Wildman–Crippen LogP) is 0.712. The Hall–Kier alpha value is -2.83. The molecule has 12 heteroatoms. The number of amides is 1. The van der Waals surface area contributed by atoms with Crippen molar-refractivity contribution in [1.29, 1.82) is 0 Å². The molecule has 0 bridgehead atoms. The highest BCUT2D eigenvalue weighted by Crippen LogP contribution is 2.36. The van der Waals surface area contributed by atoms with E-state index in [2.05, 4.69) is 5.32 Å². The number of carbonyl (C=O) groups is 1. The molecule has 0 aromatic heterocycles. The summed E-state index contributed by atoms with van der Waals surface area (Å²) in [5.41, 5.74) is 0.149. The average Bonchev–Trinajstić information content (AvgIpc) is 2.93. The van der Waals surface area contributed by atoms with Gasteiger partial charge in [0.2, 0.25) is 5.91 Å². The molecule has 3 N–H and O–H groups in total. The van der Waals surface area contributed by atoms with E-state index >= 15 is 0 Å². The van der Waals surface area contributed by atoms with Crippen LogP contribution in [-0.2, 0) is 24.7 Å². The van der Waals surface area contributed by atoms with Gasteiger partial charge in [0.1, 0.15) is 16.4 Å². The van der Waals surface area contributed by atoms with Crippen molar-refractivity contribution in [2.45, 2.75) is 24.0 Å².